The number of carbonyl (C=O) groups excluding carboxylic acids is 1. The molecule has 7 heteroatoms. The molecule has 0 bridgehead atoms. The third kappa shape index (κ3) is 2.87. The van der Waals surface area contributed by atoms with Crippen LogP contribution in [0.4, 0.5) is 0 Å². The number of piperazine rings is 1. The van der Waals surface area contributed by atoms with Gasteiger partial charge in [-0.25, -0.2) is 8.42 Å². The van der Waals surface area contributed by atoms with E-state index in [1.165, 1.54) is 6.26 Å². The number of hydrogen-bond donors (Lipinski definition) is 0. The van der Waals surface area contributed by atoms with Crippen LogP contribution in [0, 0.1) is 0 Å². The number of hydrogen-bond acceptors (Lipinski definition) is 5. The lowest BCUT2D eigenvalue weighted by molar-refractivity contribution is -0.133. The maximum absolute atomic E-state index is 12.5. The second-order valence-electron chi connectivity index (χ2n) is 6.20. The second kappa shape index (κ2) is 5.62. The van der Waals surface area contributed by atoms with Crippen molar-refractivity contribution in [3.8, 4) is 0 Å². The molecule has 2 aliphatic rings. The van der Waals surface area contributed by atoms with Crippen molar-refractivity contribution in [3.05, 3.63) is 30.1 Å². The monoisotopic (exact) mass is 323 g/mol. The van der Waals surface area contributed by atoms with Crippen molar-refractivity contribution < 1.29 is 13.2 Å². The molecule has 1 amide bonds. The number of aromatic nitrogens is 1. The highest BCUT2D eigenvalue weighted by molar-refractivity contribution is 7.93. The molecule has 6 nitrogen and oxygen atoms in total. The molecule has 1 saturated carbocycles. The van der Waals surface area contributed by atoms with Gasteiger partial charge >= 0.3 is 0 Å². The Balaban J connectivity index is 1.57. The zero-order valence-corrected chi connectivity index (χ0v) is 13.6. The first-order valence-electron chi connectivity index (χ1n) is 7.53. The smallest absolute Gasteiger partial charge is 0.244 e. The standard InChI is InChI=1S/C15H21N3O3S/c1-22(20,21)15(4-5-15)14(19)18-9-7-17(8-10-18)12-13-3-2-6-16-11-13/h2-3,6,11H,4-5,7-10,12H2,1H3. The van der Waals surface area contributed by atoms with Crippen molar-refractivity contribution in [3.63, 3.8) is 0 Å². The average molecular weight is 323 g/mol. The van der Waals surface area contributed by atoms with Gasteiger partial charge in [-0.05, 0) is 24.5 Å². The van der Waals surface area contributed by atoms with Gasteiger partial charge in [0.2, 0.25) is 5.91 Å². The van der Waals surface area contributed by atoms with Crippen molar-refractivity contribution in [2.45, 2.75) is 24.1 Å². The summed E-state index contributed by atoms with van der Waals surface area (Å²) in [4.78, 5) is 20.6. The first-order chi connectivity index (χ1) is 10.4. The molecule has 2 fully saturated rings. The summed E-state index contributed by atoms with van der Waals surface area (Å²) in [6.45, 7) is 3.53. The van der Waals surface area contributed by atoms with E-state index in [1.54, 1.807) is 11.1 Å². The van der Waals surface area contributed by atoms with Crippen LogP contribution in [0.3, 0.4) is 0 Å². The highest BCUT2D eigenvalue weighted by atomic mass is 32.2. The van der Waals surface area contributed by atoms with Gasteiger partial charge in [0.25, 0.3) is 0 Å². The van der Waals surface area contributed by atoms with Crippen LogP contribution in [-0.4, -0.2) is 66.3 Å². The molecule has 0 radical (unpaired) electrons. The Bertz CT molecular complexity index is 648. The van der Waals surface area contributed by atoms with Gasteiger partial charge in [0.15, 0.2) is 14.6 Å². The first-order valence-corrected chi connectivity index (χ1v) is 9.42. The summed E-state index contributed by atoms with van der Waals surface area (Å²) < 4.78 is 22.6. The first kappa shape index (κ1) is 15.4. The largest absolute Gasteiger partial charge is 0.339 e. The lowest BCUT2D eigenvalue weighted by atomic mass is 10.2. The van der Waals surface area contributed by atoms with Crippen LogP contribution in [0.5, 0.6) is 0 Å². The summed E-state index contributed by atoms with van der Waals surface area (Å²) in [6, 6.07) is 3.95. The van der Waals surface area contributed by atoms with E-state index in [9.17, 15) is 13.2 Å². The molecule has 0 unspecified atom stereocenters. The van der Waals surface area contributed by atoms with E-state index >= 15 is 0 Å². The van der Waals surface area contributed by atoms with Gasteiger partial charge in [0.1, 0.15) is 0 Å². The van der Waals surface area contributed by atoms with Crippen molar-refractivity contribution in [1.29, 1.82) is 0 Å². The fourth-order valence-corrected chi connectivity index (χ4v) is 4.29. The summed E-state index contributed by atoms with van der Waals surface area (Å²) in [5.41, 5.74) is 1.15. The number of amides is 1. The molecule has 0 N–H and O–H groups in total. The number of nitrogens with zero attached hydrogens (tertiary/aromatic N) is 3. The van der Waals surface area contributed by atoms with Gasteiger partial charge < -0.3 is 4.90 Å². The molecule has 0 spiro atoms. The van der Waals surface area contributed by atoms with E-state index in [4.69, 9.17) is 0 Å². The summed E-state index contributed by atoms with van der Waals surface area (Å²) in [5.74, 6) is -0.198. The van der Waals surface area contributed by atoms with Crippen molar-refractivity contribution >= 4 is 15.7 Å². The van der Waals surface area contributed by atoms with E-state index in [-0.39, 0.29) is 5.91 Å². The van der Waals surface area contributed by atoms with E-state index < -0.39 is 14.6 Å². The topological polar surface area (TPSA) is 70.6 Å². The highest BCUT2D eigenvalue weighted by Gasteiger charge is 2.60. The molecule has 22 heavy (non-hydrogen) atoms. The predicted octanol–water partition coefficient (Wildman–Crippen LogP) is 0.303. The van der Waals surface area contributed by atoms with Crippen molar-refractivity contribution in [1.82, 2.24) is 14.8 Å². The zero-order valence-electron chi connectivity index (χ0n) is 12.7. The predicted molar refractivity (Wildman–Crippen MR) is 82.9 cm³/mol. The van der Waals surface area contributed by atoms with E-state index in [0.29, 0.717) is 25.9 Å². The molecule has 120 valence electrons. The molecule has 1 aliphatic carbocycles. The normalized spacial score (nSPS) is 21.6. The minimum atomic E-state index is -3.31. The fourth-order valence-electron chi connectivity index (χ4n) is 3.00. The summed E-state index contributed by atoms with van der Waals surface area (Å²) >= 11 is 0. The quantitative estimate of drug-likeness (QED) is 0.797. The second-order valence-corrected chi connectivity index (χ2v) is 8.52. The van der Waals surface area contributed by atoms with Gasteiger partial charge in [-0.15, -0.1) is 0 Å². The number of pyridine rings is 1. The van der Waals surface area contributed by atoms with Gasteiger partial charge in [0.05, 0.1) is 0 Å². The number of carbonyl (C=O) groups is 1. The zero-order chi connectivity index (χ0) is 15.8. The summed E-state index contributed by atoms with van der Waals surface area (Å²) in [5, 5.41) is 0. The molecule has 1 saturated heterocycles. The van der Waals surface area contributed by atoms with Gasteiger partial charge in [-0.1, -0.05) is 6.07 Å². The SMILES string of the molecule is CS(=O)(=O)C1(C(=O)N2CCN(Cc3cccnc3)CC2)CC1. The van der Waals surface area contributed by atoms with Gasteiger partial charge in [-0.3, -0.25) is 14.7 Å². The molecular weight excluding hydrogens is 302 g/mol. The minimum absolute atomic E-state index is 0.198. The number of sulfone groups is 1. The van der Waals surface area contributed by atoms with Crippen LogP contribution in [0.1, 0.15) is 18.4 Å². The molecule has 1 aliphatic heterocycles. The van der Waals surface area contributed by atoms with Crippen LogP contribution < -0.4 is 0 Å². The molecular formula is C15H21N3O3S. The Morgan fingerprint density at radius 2 is 1.95 bits per heavy atom. The molecule has 0 aromatic carbocycles. The minimum Gasteiger partial charge on any atom is -0.339 e. The fraction of sp³-hybridized carbons (Fsp3) is 0.600. The van der Waals surface area contributed by atoms with Gasteiger partial charge in [-0.2, -0.15) is 0 Å². The van der Waals surface area contributed by atoms with Crippen molar-refractivity contribution in [2.24, 2.45) is 0 Å². The van der Waals surface area contributed by atoms with Crippen LogP contribution >= 0.6 is 0 Å². The van der Waals surface area contributed by atoms with E-state index in [2.05, 4.69) is 9.88 Å². The maximum Gasteiger partial charge on any atom is 0.244 e. The molecule has 1 aromatic heterocycles. The van der Waals surface area contributed by atoms with Crippen LogP contribution in [0.15, 0.2) is 24.5 Å². The highest BCUT2D eigenvalue weighted by Crippen LogP contribution is 2.44. The van der Waals surface area contributed by atoms with E-state index in [1.807, 2.05) is 18.3 Å². The average Bonchev–Trinajstić information content (AvgIpc) is 3.30. The third-order valence-corrected chi connectivity index (χ3v) is 6.59. The lowest BCUT2D eigenvalue weighted by Crippen LogP contribution is -2.53. The Kier molecular flexibility index (Phi) is 3.94. The third-order valence-electron chi connectivity index (χ3n) is 4.59. The Morgan fingerprint density at radius 3 is 2.45 bits per heavy atom. The van der Waals surface area contributed by atoms with Crippen LogP contribution in [0.2, 0.25) is 0 Å². The molecule has 1 aromatic rings. The summed E-state index contributed by atoms with van der Waals surface area (Å²) in [6.07, 6.45) is 5.72. The van der Waals surface area contributed by atoms with Crippen molar-refractivity contribution in [2.75, 3.05) is 32.4 Å². The van der Waals surface area contributed by atoms with Crippen LogP contribution in [0.25, 0.3) is 0 Å². The van der Waals surface area contributed by atoms with Crippen LogP contribution in [-0.2, 0) is 21.2 Å². The Labute approximate surface area is 131 Å². The Hall–Kier alpha value is -1.47. The molecule has 2 heterocycles. The molecule has 0 atom stereocenters. The number of rotatable bonds is 4. The maximum atomic E-state index is 12.5. The lowest BCUT2D eigenvalue weighted by Gasteiger charge is -2.36. The Morgan fingerprint density at radius 1 is 1.27 bits per heavy atom. The molecule has 3 rings (SSSR count). The van der Waals surface area contributed by atoms with E-state index in [0.717, 1.165) is 25.2 Å². The summed E-state index contributed by atoms with van der Waals surface area (Å²) in [7, 11) is -3.31. The van der Waals surface area contributed by atoms with Gasteiger partial charge in [0, 0.05) is 51.4 Å².